The van der Waals surface area contributed by atoms with E-state index in [2.05, 4.69) is 14.9 Å². The van der Waals surface area contributed by atoms with Crippen LogP contribution in [0, 0.1) is 10.1 Å². The van der Waals surface area contributed by atoms with Crippen LogP contribution in [0.3, 0.4) is 0 Å². The number of benzene rings is 1. The minimum atomic E-state index is -5.08. The summed E-state index contributed by atoms with van der Waals surface area (Å²) in [5, 5.41) is 16.5. The van der Waals surface area contributed by atoms with Gasteiger partial charge >= 0.3 is 6.18 Å². The van der Waals surface area contributed by atoms with Crippen molar-refractivity contribution in [1.82, 2.24) is 4.72 Å². The standard InChI is InChI=1S/C13H17F3N4O7S2/c14-13(15,16)8-6-9-11(7-10(8)28(17,23)24)29(25,26)19-12(18-9)4-2-1-3-5-27-20(21)22/h6-7,12,18-19H,1-5H2,(H2,17,23,24). The molecule has 1 aromatic carbocycles. The second-order valence-electron chi connectivity index (χ2n) is 6.11. The molecule has 1 atom stereocenters. The maximum absolute atomic E-state index is 13.2. The molecule has 0 aliphatic carbocycles. The van der Waals surface area contributed by atoms with E-state index < -0.39 is 58.5 Å². The SMILES string of the molecule is NS(=O)(=O)c1cc2c(cc1C(F)(F)F)NC(CCCCCO[N+](=O)[O-])NS2(=O)=O. The Morgan fingerprint density at radius 3 is 2.45 bits per heavy atom. The van der Waals surface area contributed by atoms with Crippen molar-refractivity contribution in [2.45, 2.75) is 47.8 Å². The van der Waals surface area contributed by atoms with Gasteiger partial charge in [-0.15, -0.1) is 10.1 Å². The van der Waals surface area contributed by atoms with Crippen LogP contribution in [-0.2, 0) is 31.1 Å². The van der Waals surface area contributed by atoms with Gasteiger partial charge in [0.1, 0.15) is 4.90 Å². The highest BCUT2D eigenvalue weighted by molar-refractivity contribution is 7.90. The fourth-order valence-corrected chi connectivity index (χ4v) is 4.92. The van der Waals surface area contributed by atoms with Gasteiger partial charge in [-0.05, 0) is 31.4 Å². The molecular weight excluding hydrogens is 445 g/mol. The zero-order chi connectivity index (χ0) is 22.0. The Labute approximate surface area is 163 Å². The Morgan fingerprint density at radius 2 is 1.90 bits per heavy atom. The number of alkyl halides is 3. The molecule has 1 aliphatic rings. The Morgan fingerprint density at radius 1 is 1.24 bits per heavy atom. The Bertz CT molecular complexity index is 996. The van der Waals surface area contributed by atoms with Crippen LogP contribution in [0.5, 0.6) is 0 Å². The molecule has 1 heterocycles. The molecule has 4 N–H and O–H groups in total. The molecule has 1 aromatic rings. The second-order valence-corrected chi connectivity index (χ2v) is 9.32. The highest BCUT2D eigenvalue weighted by Gasteiger charge is 2.40. The predicted molar refractivity (Wildman–Crippen MR) is 92.0 cm³/mol. The van der Waals surface area contributed by atoms with Gasteiger partial charge in [-0.25, -0.2) is 22.0 Å². The van der Waals surface area contributed by atoms with Crippen LogP contribution in [0.15, 0.2) is 21.9 Å². The first-order valence-electron chi connectivity index (χ1n) is 8.06. The summed E-state index contributed by atoms with van der Waals surface area (Å²) in [4.78, 5) is 12.1. The van der Waals surface area contributed by atoms with Crippen molar-refractivity contribution in [2.24, 2.45) is 5.14 Å². The molecule has 0 bridgehead atoms. The number of rotatable bonds is 8. The largest absolute Gasteiger partial charge is 0.417 e. The highest BCUT2D eigenvalue weighted by Crippen LogP contribution is 2.39. The van der Waals surface area contributed by atoms with Gasteiger partial charge in [0.2, 0.25) is 20.0 Å². The number of halogens is 3. The van der Waals surface area contributed by atoms with E-state index in [0.29, 0.717) is 31.4 Å². The molecule has 16 heteroatoms. The Kier molecular flexibility index (Phi) is 6.61. The van der Waals surface area contributed by atoms with Crippen molar-refractivity contribution < 1.29 is 39.9 Å². The molecule has 0 fully saturated rings. The van der Waals surface area contributed by atoms with Gasteiger partial charge in [0.05, 0.1) is 28.9 Å². The minimum Gasteiger partial charge on any atom is -0.368 e. The van der Waals surface area contributed by atoms with E-state index in [0.717, 1.165) is 0 Å². The second kappa shape index (κ2) is 8.29. The number of sulfonamides is 2. The zero-order valence-corrected chi connectivity index (χ0v) is 16.2. The summed E-state index contributed by atoms with van der Waals surface area (Å²) in [6.45, 7) is -0.134. The van der Waals surface area contributed by atoms with E-state index in [-0.39, 0.29) is 13.0 Å². The molecule has 1 aliphatic heterocycles. The molecule has 0 spiro atoms. The lowest BCUT2D eigenvalue weighted by Gasteiger charge is -2.29. The number of fused-ring (bicyclic) bond motifs is 1. The molecule has 164 valence electrons. The number of unbranched alkanes of at least 4 members (excludes halogenated alkanes) is 2. The van der Waals surface area contributed by atoms with E-state index in [1.807, 2.05) is 0 Å². The van der Waals surface area contributed by atoms with Gasteiger partial charge in [-0.3, -0.25) is 0 Å². The molecular formula is C13H17F3N4O7S2. The van der Waals surface area contributed by atoms with Crippen LogP contribution in [0.1, 0.15) is 31.2 Å². The number of hydrogen-bond acceptors (Lipinski definition) is 8. The lowest BCUT2D eigenvalue weighted by molar-refractivity contribution is -0.757. The van der Waals surface area contributed by atoms with Crippen molar-refractivity contribution >= 4 is 25.7 Å². The zero-order valence-electron chi connectivity index (χ0n) is 14.6. The van der Waals surface area contributed by atoms with Gasteiger partial charge in [0, 0.05) is 0 Å². The van der Waals surface area contributed by atoms with Crippen LogP contribution in [-0.4, -0.2) is 34.7 Å². The number of nitrogens with zero attached hydrogens (tertiary/aromatic N) is 1. The molecule has 2 rings (SSSR count). The maximum Gasteiger partial charge on any atom is 0.417 e. The molecule has 29 heavy (non-hydrogen) atoms. The van der Waals surface area contributed by atoms with Crippen LogP contribution in [0.25, 0.3) is 0 Å². The highest BCUT2D eigenvalue weighted by atomic mass is 32.2. The van der Waals surface area contributed by atoms with E-state index in [9.17, 15) is 40.1 Å². The van der Waals surface area contributed by atoms with E-state index >= 15 is 0 Å². The lowest BCUT2D eigenvalue weighted by atomic mass is 10.1. The summed E-state index contributed by atoms with van der Waals surface area (Å²) in [5.74, 6) is 0. The summed E-state index contributed by atoms with van der Waals surface area (Å²) in [5.41, 5.74) is -2.00. The lowest BCUT2D eigenvalue weighted by Crippen LogP contribution is -2.45. The van der Waals surface area contributed by atoms with E-state index in [1.54, 1.807) is 0 Å². The summed E-state index contributed by atoms with van der Waals surface area (Å²) in [6, 6.07) is 0.763. The topological polar surface area (TPSA) is 171 Å². The number of primary sulfonamides is 1. The number of anilines is 1. The Balaban J connectivity index is 2.23. The van der Waals surface area contributed by atoms with Crippen molar-refractivity contribution in [3.05, 3.63) is 27.8 Å². The summed E-state index contributed by atoms with van der Waals surface area (Å²) < 4.78 is 89.7. The van der Waals surface area contributed by atoms with Crippen molar-refractivity contribution in [3.8, 4) is 0 Å². The molecule has 0 aromatic heterocycles. The molecule has 0 saturated carbocycles. The Hall–Kier alpha value is -2.17. The average Bonchev–Trinajstić information content (AvgIpc) is 2.54. The maximum atomic E-state index is 13.2. The molecule has 1 unspecified atom stereocenters. The van der Waals surface area contributed by atoms with E-state index in [1.165, 1.54) is 0 Å². The summed E-state index contributed by atoms with van der Waals surface area (Å²) >= 11 is 0. The molecule has 0 radical (unpaired) electrons. The fraction of sp³-hybridized carbons (Fsp3) is 0.538. The number of nitrogens with two attached hydrogens (primary N) is 1. The van der Waals surface area contributed by atoms with Crippen LogP contribution >= 0.6 is 0 Å². The monoisotopic (exact) mass is 462 g/mol. The third kappa shape index (κ3) is 5.91. The minimum absolute atomic E-state index is 0.134. The van der Waals surface area contributed by atoms with Gasteiger partial charge in [-0.2, -0.15) is 17.9 Å². The molecule has 11 nitrogen and oxygen atoms in total. The van der Waals surface area contributed by atoms with Crippen LogP contribution in [0.2, 0.25) is 0 Å². The van der Waals surface area contributed by atoms with Crippen molar-refractivity contribution in [1.29, 1.82) is 0 Å². The third-order valence-electron chi connectivity index (χ3n) is 3.94. The van der Waals surface area contributed by atoms with Crippen molar-refractivity contribution in [3.63, 3.8) is 0 Å². The van der Waals surface area contributed by atoms with Gasteiger partial charge in [0.15, 0.2) is 0 Å². The molecule has 0 saturated heterocycles. The first-order chi connectivity index (χ1) is 13.2. The van der Waals surface area contributed by atoms with Crippen LogP contribution in [0.4, 0.5) is 18.9 Å². The number of nitrogens with one attached hydrogen (secondary N) is 2. The normalized spacial score (nSPS) is 18.6. The first kappa shape index (κ1) is 23.1. The van der Waals surface area contributed by atoms with Gasteiger partial charge in [0.25, 0.3) is 5.09 Å². The quantitative estimate of drug-likeness (QED) is 0.293. The first-order valence-corrected chi connectivity index (χ1v) is 11.1. The van der Waals surface area contributed by atoms with Crippen LogP contribution < -0.4 is 15.2 Å². The third-order valence-corrected chi connectivity index (χ3v) is 6.41. The van der Waals surface area contributed by atoms with Gasteiger partial charge < -0.3 is 10.2 Å². The molecule has 0 amide bonds. The fourth-order valence-electron chi connectivity index (χ4n) is 2.72. The summed E-state index contributed by atoms with van der Waals surface area (Å²) in [7, 11) is -9.15. The van der Waals surface area contributed by atoms with Crippen molar-refractivity contribution in [2.75, 3.05) is 11.9 Å². The summed E-state index contributed by atoms with van der Waals surface area (Å²) in [6.07, 6.45) is -4.72. The smallest absolute Gasteiger partial charge is 0.368 e. The predicted octanol–water partition coefficient (Wildman–Crippen LogP) is 1.15. The van der Waals surface area contributed by atoms with Gasteiger partial charge in [-0.1, -0.05) is 6.42 Å². The number of hydrogen-bond donors (Lipinski definition) is 3. The average molecular weight is 462 g/mol. The van der Waals surface area contributed by atoms with E-state index in [4.69, 9.17) is 5.14 Å².